The molecule has 2 aliphatic carbocycles. The van der Waals surface area contributed by atoms with Crippen LogP contribution in [0.3, 0.4) is 0 Å². The van der Waals surface area contributed by atoms with E-state index in [-0.39, 0.29) is 5.41 Å². The van der Waals surface area contributed by atoms with Gasteiger partial charge in [0.15, 0.2) is 0 Å². The van der Waals surface area contributed by atoms with E-state index in [0.29, 0.717) is 0 Å². The second-order valence-corrected chi connectivity index (χ2v) is 18.5. The normalized spacial score (nSPS) is 15.1. The number of nitrogens with zero attached hydrogens (tertiary/aromatic N) is 1. The van der Waals surface area contributed by atoms with Crippen LogP contribution in [-0.2, 0) is 10.8 Å². The quantitative estimate of drug-likeness (QED) is 0.147. The van der Waals surface area contributed by atoms with Crippen molar-refractivity contribution < 1.29 is 0 Å². The minimum atomic E-state index is -0.626. The first-order valence-corrected chi connectivity index (χ1v) is 23.2. The molecule has 0 spiro atoms. The molecule has 0 radical (unpaired) electrons. The number of hydrogen-bond donors (Lipinski definition) is 0. The van der Waals surface area contributed by atoms with Crippen molar-refractivity contribution >= 4 is 17.1 Å². The van der Waals surface area contributed by atoms with Crippen LogP contribution in [0.4, 0.5) is 17.1 Å². The van der Waals surface area contributed by atoms with Gasteiger partial charge in [0.1, 0.15) is 0 Å². The summed E-state index contributed by atoms with van der Waals surface area (Å²) in [4.78, 5) is 2.48. The molecule has 0 N–H and O–H groups in total. The van der Waals surface area contributed by atoms with Crippen LogP contribution >= 0.6 is 0 Å². The molecule has 2 aliphatic rings. The van der Waals surface area contributed by atoms with Gasteiger partial charge in [-0.25, -0.2) is 0 Å². The van der Waals surface area contributed by atoms with E-state index in [0.717, 1.165) is 17.1 Å². The zero-order valence-electron chi connectivity index (χ0n) is 37.5. The third-order valence-electron chi connectivity index (χ3n) is 14.5. The zero-order valence-corrected chi connectivity index (χ0v) is 37.5. The van der Waals surface area contributed by atoms with E-state index >= 15 is 0 Å². The van der Waals surface area contributed by atoms with E-state index in [9.17, 15) is 0 Å². The van der Waals surface area contributed by atoms with Gasteiger partial charge in [-0.2, -0.15) is 0 Å². The summed E-state index contributed by atoms with van der Waals surface area (Å²) in [6.45, 7) is 6.93. The molecule has 1 nitrogen and oxygen atoms in total. The van der Waals surface area contributed by atoms with Gasteiger partial charge in [-0.05, 0) is 132 Å². The molecule has 12 rings (SSSR count). The highest BCUT2D eigenvalue weighted by molar-refractivity contribution is 5.97. The molecule has 0 saturated carbocycles. The number of rotatable bonds is 8. The van der Waals surface area contributed by atoms with Crippen LogP contribution in [0.2, 0.25) is 0 Å². The Hall–Kier alpha value is -8.00. The van der Waals surface area contributed by atoms with Crippen LogP contribution in [0.5, 0.6) is 0 Å². The summed E-state index contributed by atoms with van der Waals surface area (Å²) in [5, 5.41) is 0. The maximum absolute atomic E-state index is 2.51. The van der Waals surface area contributed by atoms with Crippen LogP contribution in [0.1, 0.15) is 52.8 Å². The van der Waals surface area contributed by atoms with Gasteiger partial charge < -0.3 is 4.90 Å². The Balaban J connectivity index is 1.12. The Kier molecular flexibility index (Phi) is 9.36. The molecule has 1 atom stereocenters. The minimum Gasteiger partial charge on any atom is -0.310 e. The molecule has 0 fully saturated rings. The lowest BCUT2D eigenvalue weighted by atomic mass is 9.67. The highest BCUT2D eigenvalue weighted by atomic mass is 15.1. The number of hydrogen-bond acceptors (Lipinski definition) is 1. The lowest BCUT2D eigenvalue weighted by molar-refractivity contribution is 0.660. The highest BCUT2D eigenvalue weighted by Gasteiger charge is 2.47. The van der Waals surface area contributed by atoms with E-state index in [1.54, 1.807) is 0 Å². The van der Waals surface area contributed by atoms with Crippen molar-refractivity contribution in [3.8, 4) is 55.6 Å². The maximum Gasteiger partial charge on any atom is 0.0714 e. The largest absolute Gasteiger partial charge is 0.310 e. The van der Waals surface area contributed by atoms with Gasteiger partial charge in [-0.1, -0.05) is 226 Å². The molecule has 1 unspecified atom stereocenters. The Morgan fingerprint density at radius 3 is 1.36 bits per heavy atom. The van der Waals surface area contributed by atoms with Gasteiger partial charge in [0, 0.05) is 22.5 Å². The molecule has 1 heteroatoms. The van der Waals surface area contributed by atoms with Gasteiger partial charge in [-0.3, -0.25) is 0 Å². The number of benzene rings is 10. The molecular formula is C65H49N. The van der Waals surface area contributed by atoms with Crippen molar-refractivity contribution in [2.75, 3.05) is 4.90 Å². The predicted octanol–water partition coefficient (Wildman–Crippen LogP) is 17.1. The van der Waals surface area contributed by atoms with Crippen molar-refractivity contribution in [1.82, 2.24) is 0 Å². The Morgan fingerprint density at radius 2 is 0.742 bits per heavy atom. The van der Waals surface area contributed by atoms with Gasteiger partial charge >= 0.3 is 0 Å². The third kappa shape index (κ3) is 6.22. The van der Waals surface area contributed by atoms with E-state index in [1.807, 2.05) is 0 Å². The van der Waals surface area contributed by atoms with Gasteiger partial charge in [-0.15, -0.1) is 0 Å². The van der Waals surface area contributed by atoms with Gasteiger partial charge in [0.05, 0.1) is 5.41 Å². The first kappa shape index (κ1) is 39.6. The van der Waals surface area contributed by atoms with Crippen LogP contribution in [0, 0.1) is 6.92 Å². The van der Waals surface area contributed by atoms with E-state index in [2.05, 4.69) is 268 Å². The standard InChI is InChI=1S/C65H49N/c1-44-26-32-50(33-27-44)65(51-34-28-47(29-35-51)45-16-7-4-8-17-45)60-25-15-23-55(49-20-11-6-12-21-49)63(60)58-41-39-54(43-62(58)65)66(52-36-30-48(31-37-52)46-18-9-5-10-19-46)53-38-40-57-56-22-13-14-24-59(56)64(2,3)61(57)42-53/h4-43H,1-3H3. The lowest BCUT2D eigenvalue weighted by Gasteiger charge is -2.35. The molecule has 10 aromatic rings. The van der Waals surface area contributed by atoms with Crippen molar-refractivity contribution in [2.24, 2.45) is 0 Å². The Morgan fingerprint density at radius 1 is 0.303 bits per heavy atom. The van der Waals surface area contributed by atoms with Gasteiger partial charge in [0.25, 0.3) is 0 Å². The zero-order chi connectivity index (χ0) is 44.4. The van der Waals surface area contributed by atoms with Crippen LogP contribution < -0.4 is 4.90 Å². The lowest BCUT2D eigenvalue weighted by Crippen LogP contribution is -2.29. The smallest absolute Gasteiger partial charge is 0.0714 e. The molecule has 10 aromatic carbocycles. The van der Waals surface area contributed by atoms with Crippen molar-refractivity contribution in [1.29, 1.82) is 0 Å². The summed E-state index contributed by atoms with van der Waals surface area (Å²) in [5.41, 5.74) is 24.1. The van der Waals surface area contributed by atoms with Crippen molar-refractivity contribution in [2.45, 2.75) is 31.6 Å². The van der Waals surface area contributed by atoms with E-state index < -0.39 is 5.41 Å². The maximum atomic E-state index is 2.51. The SMILES string of the molecule is Cc1ccc(C2(c3ccc(-c4ccccc4)cc3)c3cc(N(c4ccc(-c5ccccc5)cc4)c4ccc5c(c4)C(C)(C)c4ccccc4-5)ccc3-c3c(-c4ccccc4)cccc32)cc1. The fourth-order valence-corrected chi connectivity index (χ4v) is 11.2. The molecule has 66 heavy (non-hydrogen) atoms. The molecule has 0 aromatic heterocycles. The van der Waals surface area contributed by atoms with E-state index in [4.69, 9.17) is 0 Å². The summed E-state index contributed by atoms with van der Waals surface area (Å²) in [6, 6.07) is 90.4. The number of anilines is 3. The summed E-state index contributed by atoms with van der Waals surface area (Å²) in [6.07, 6.45) is 0. The summed E-state index contributed by atoms with van der Waals surface area (Å²) < 4.78 is 0. The predicted molar refractivity (Wildman–Crippen MR) is 277 cm³/mol. The highest BCUT2D eigenvalue weighted by Crippen LogP contribution is 2.60. The average Bonchev–Trinajstić information content (AvgIpc) is 3.80. The molecular weight excluding hydrogens is 795 g/mol. The summed E-state index contributed by atoms with van der Waals surface area (Å²) in [7, 11) is 0. The molecule has 0 amide bonds. The average molecular weight is 844 g/mol. The van der Waals surface area contributed by atoms with Crippen LogP contribution in [-0.4, -0.2) is 0 Å². The van der Waals surface area contributed by atoms with Crippen LogP contribution in [0.25, 0.3) is 55.6 Å². The molecule has 314 valence electrons. The number of aryl methyl sites for hydroxylation is 1. The second kappa shape index (κ2) is 15.6. The first-order valence-electron chi connectivity index (χ1n) is 23.2. The summed E-state index contributed by atoms with van der Waals surface area (Å²) >= 11 is 0. The third-order valence-corrected chi connectivity index (χ3v) is 14.5. The fraction of sp³-hybridized carbons (Fsp3) is 0.0769. The molecule has 0 saturated heterocycles. The minimum absolute atomic E-state index is 0.148. The Labute approximate surface area is 389 Å². The second-order valence-electron chi connectivity index (χ2n) is 18.5. The number of fused-ring (bicyclic) bond motifs is 6. The van der Waals surface area contributed by atoms with Crippen molar-refractivity contribution in [3.05, 3.63) is 282 Å². The van der Waals surface area contributed by atoms with Gasteiger partial charge in [0.2, 0.25) is 0 Å². The Bertz CT molecular complexity index is 3400. The first-order chi connectivity index (χ1) is 32.4. The fourth-order valence-electron chi connectivity index (χ4n) is 11.2. The molecule has 0 bridgehead atoms. The molecule has 0 aliphatic heterocycles. The van der Waals surface area contributed by atoms with E-state index in [1.165, 1.54) is 94.6 Å². The summed E-state index contributed by atoms with van der Waals surface area (Å²) in [5.74, 6) is 0. The molecule has 0 heterocycles. The van der Waals surface area contributed by atoms with Crippen molar-refractivity contribution in [3.63, 3.8) is 0 Å². The van der Waals surface area contributed by atoms with Crippen LogP contribution in [0.15, 0.2) is 243 Å². The monoisotopic (exact) mass is 843 g/mol. The topological polar surface area (TPSA) is 3.24 Å².